The van der Waals surface area contributed by atoms with Crippen molar-refractivity contribution in [2.45, 2.75) is 13.8 Å². The van der Waals surface area contributed by atoms with Crippen LogP contribution in [0.2, 0.25) is 0 Å². The Kier molecular flexibility index (Phi) is 4.98. The third-order valence-electron chi connectivity index (χ3n) is 1.08. The van der Waals surface area contributed by atoms with Crippen LogP contribution in [0.5, 0.6) is 0 Å². The maximum absolute atomic E-state index is 10.9. The number of pyridine rings is 1. The number of nitro groups is 1. The van der Waals surface area contributed by atoms with Crippen molar-refractivity contribution in [3.05, 3.63) is 37.2 Å². The molecular weight excluding hydrogens is 240 g/mol. The first-order valence-electron chi connectivity index (χ1n) is 3.64. The Labute approximate surface area is 83.1 Å². The van der Waals surface area contributed by atoms with Gasteiger partial charge in [-0.25, -0.2) is 0 Å². The van der Waals surface area contributed by atoms with Crippen LogP contribution in [-0.2, 0) is 0 Å². The Balaban J connectivity index is 0.000000671. The summed E-state index contributed by atoms with van der Waals surface area (Å²) in [5.41, 5.74) is -1.08. The molecule has 1 aromatic heterocycles. The Hall–Kier alpha value is -1.17. The third kappa shape index (κ3) is 2.98. The van der Waals surface area contributed by atoms with E-state index < -0.39 is 16.0 Å². The van der Waals surface area contributed by atoms with E-state index in [9.17, 15) is 14.9 Å². The van der Waals surface area contributed by atoms with Gasteiger partial charge in [0.25, 0.3) is 5.43 Å². The quantitative estimate of drug-likeness (QED) is 0.611. The van der Waals surface area contributed by atoms with Crippen LogP contribution in [0.3, 0.4) is 0 Å². The largest absolute Gasteiger partial charge is 0.361 e. The van der Waals surface area contributed by atoms with Gasteiger partial charge in [0, 0.05) is 6.20 Å². The number of nitrogens with zero attached hydrogens (tertiary/aromatic N) is 1. The normalized spacial score (nSPS) is 8.54. The first kappa shape index (κ1) is 11.8. The molecule has 6 heteroatoms. The van der Waals surface area contributed by atoms with Gasteiger partial charge in [0.05, 0.1) is 15.6 Å². The van der Waals surface area contributed by atoms with Crippen LogP contribution in [0.25, 0.3) is 0 Å². The molecule has 0 aliphatic carbocycles. The Morgan fingerprint density at radius 3 is 2.38 bits per heavy atom. The van der Waals surface area contributed by atoms with E-state index in [0.29, 0.717) is 0 Å². The second-order valence-electron chi connectivity index (χ2n) is 1.77. The van der Waals surface area contributed by atoms with E-state index in [2.05, 4.69) is 20.9 Å². The number of aromatic amines is 1. The standard InChI is InChI=1S/C5H3BrN2O3.C2H6/c6-3-1-7-2-4(5(3)9)8(10)11;1-2/h1-2H,(H,7,9);1-2H3. The zero-order chi connectivity index (χ0) is 10.4. The molecule has 1 rings (SSSR count). The molecule has 0 saturated carbocycles. The SMILES string of the molecule is CC.O=c1c(Br)c[nH]cc1[N+](=O)[O-]. The van der Waals surface area contributed by atoms with E-state index in [1.807, 2.05) is 13.8 Å². The van der Waals surface area contributed by atoms with Crippen molar-refractivity contribution >= 4 is 21.6 Å². The molecule has 0 fully saturated rings. The van der Waals surface area contributed by atoms with E-state index >= 15 is 0 Å². The lowest BCUT2D eigenvalue weighted by molar-refractivity contribution is -0.386. The molecule has 0 radical (unpaired) electrons. The van der Waals surface area contributed by atoms with Crippen molar-refractivity contribution in [1.82, 2.24) is 4.98 Å². The van der Waals surface area contributed by atoms with Crippen molar-refractivity contribution in [3.8, 4) is 0 Å². The molecule has 1 N–H and O–H groups in total. The molecule has 0 aliphatic rings. The number of hydrogen-bond donors (Lipinski definition) is 1. The molecule has 5 nitrogen and oxygen atoms in total. The van der Waals surface area contributed by atoms with Crippen molar-refractivity contribution in [3.63, 3.8) is 0 Å². The molecule has 72 valence electrons. The molecule has 0 amide bonds. The molecule has 0 spiro atoms. The highest BCUT2D eigenvalue weighted by Crippen LogP contribution is 2.06. The van der Waals surface area contributed by atoms with Crippen molar-refractivity contribution in [2.24, 2.45) is 0 Å². The Morgan fingerprint density at radius 1 is 1.46 bits per heavy atom. The molecule has 0 saturated heterocycles. The number of aromatic nitrogens is 1. The molecule has 0 aromatic carbocycles. The molecule has 0 bridgehead atoms. The summed E-state index contributed by atoms with van der Waals surface area (Å²) in [7, 11) is 0. The smallest absolute Gasteiger partial charge is 0.333 e. The monoisotopic (exact) mass is 248 g/mol. The summed E-state index contributed by atoms with van der Waals surface area (Å²) >= 11 is 2.87. The first-order valence-corrected chi connectivity index (χ1v) is 4.43. The van der Waals surface area contributed by atoms with Crippen LogP contribution >= 0.6 is 15.9 Å². The molecule has 1 heterocycles. The maximum atomic E-state index is 10.9. The average molecular weight is 249 g/mol. The van der Waals surface area contributed by atoms with Gasteiger partial charge in [0.2, 0.25) is 0 Å². The lowest BCUT2D eigenvalue weighted by Crippen LogP contribution is -2.08. The predicted octanol–water partition coefficient (Wildman–Crippen LogP) is 2.07. The fourth-order valence-electron chi connectivity index (χ4n) is 0.583. The van der Waals surface area contributed by atoms with E-state index in [1.165, 1.54) is 6.20 Å². The van der Waals surface area contributed by atoms with Crippen LogP contribution in [0, 0.1) is 10.1 Å². The summed E-state index contributed by atoms with van der Waals surface area (Å²) < 4.78 is 0.159. The fraction of sp³-hybridized carbons (Fsp3) is 0.286. The van der Waals surface area contributed by atoms with Gasteiger partial charge in [0.15, 0.2) is 0 Å². The minimum Gasteiger partial charge on any atom is -0.361 e. The second kappa shape index (κ2) is 5.47. The molecule has 1 aromatic rings. The summed E-state index contributed by atoms with van der Waals surface area (Å²) in [5.74, 6) is 0. The van der Waals surface area contributed by atoms with Crippen LogP contribution in [-0.4, -0.2) is 9.91 Å². The lowest BCUT2D eigenvalue weighted by atomic mass is 10.4. The van der Waals surface area contributed by atoms with Gasteiger partial charge in [-0.05, 0) is 15.9 Å². The molecule has 0 unspecified atom stereocenters. The van der Waals surface area contributed by atoms with Gasteiger partial charge in [-0.15, -0.1) is 0 Å². The summed E-state index contributed by atoms with van der Waals surface area (Å²) in [6.07, 6.45) is 2.39. The van der Waals surface area contributed by atoms with E-state index in [-0.39, 0.29) is 4.47 Å². The molecular formula is C7H9BrN2O3. The Bertz CT molecular complexity index is 348. The summed E-state index contributed by atoms with van der Waals surface area (Å²) in [6, 6.07) is 0. The number of hydrogen-bond acceptors (Lipinski definition) is 3. The highest BCUT2D eigenvalue weighted by Gasteiger charge is 2.12. The van der Waals surface area contributed by atoms with Gasteiger partial charge in [0.1, 0.15) is 0 Å². The van der Waals surface area contributed by atoms with E-state index in [0.717, 1.165) is 6.20 Å². The van der Waals surface area contributed by atoms with Crippen molar-refractivity contribution < 1.29 is 4.92 Å². The lowest BCUT2D eigenvalue weighted by Gasteiger charge is -1.89. The zero-order valence-corrected chi connectivity index (χ0v) is 8.79. The van der Waals surface area contributed by atoms with Crippen LogP contribution < -0.4 is 5.43 Å². The number of nitrogens with one attached hydrogen (secondary N) is 1. The third-order valence-corrected chi connectivity index (χ3v) is 1.67. The highest BCUT2D eigenvalue weighted by atomic mass is 79.9. The molecule has 0 atom stereocenters. The van der Waals surface area contributed by atoms with E-state index in [1.54, 1.807) is 0 Å². The van der Waals surface area contributed by atoms with Crippen molar-refractivity contribution in [1.29, 1.82) is 0 Å². The Morgan fingerprint density at radius 2 is 2.00 bits per heavy atom. The highest BCUT2D eigenvalue weighted by molar-refractivity contribution is 9.10. The molecule has 0 aliphatic heterocycles. The number of halogens is 1. The van der Waals surface area contributed by atoms with Crippen LogP contribution in [0.15, 0.2) is 21.7 Å². The minimum absolute atomic E-state index is 0.159. The fourth-order valence-corrected chi connectivity index (χ4v) is 0.918. The van der Waals surface area contributed by atoms with Gasteiger partial charge in [-0.3, -0.25) is 14.9 Å². The zero-order valence-electron chi connectivity index (χ0n) is 7.20. The van der Waals surface area contributed by atoms with Gasteiger partial charge < -0.3 is 4.98 Å². The van der Waals surface area contributed by atoms with Crippen LogP contribution in [0.1, 0.15) is 13.8 Å². The van der Waals surface area contributed by atoms with Crippen molar-refractivity contribution in [2.75, 3.05) is 0 Å². The predicted molar refractivity (Wildman–Crippen MR) is 52.8 cm³/mol. The summed E-state index contributed by atoms with van der Waals surface area (Å²) in [5, 5.41) is 10.1. The van der Waals surface area contributed by atoms with Gasteiger partial charge in [-0.2, -0.15) is 0 Å². The van der Waals surface area contributed by atoms with E-state index in [4.69, 9.17) is 0 Å². The van der Waals surface area contributed by atoms with Crippen LogP contribution in [0.4, 0.5) is 5.69 Å². The molecule has 13 heavy (non-hydrogen) atoms. The average Bonchev–Trinajstić information content (AvgIpc) is 2.13. The maximum Gasteiger partial charge on any atom is 0.333 e. The number of H-pyrrole nitrogens is 1. The second-order valence-corrected chi connectivity index (χ2v) is 2.63. The first-order chi connectivity index (χ1) is 6.13. The summed E-state index contributed by atoms with van der Waals surface area (Å²) in [4.78, 5) is 22.8. The van der Waals surface area contributed by atoms with Gasteiger partial charge >= 0.3 is 5.69 Å². The topological polar surface area (TPSA) is 76.0 Å². The minimum atomic E-state index is -0.733. The summed E-state index contributed by atoms with van der Waals surface area (Å²) in [6.45, 7) is 4.00. The van der Waals surface area contributed by atoms with Gasteiger partial charge in [-0.1, -0.05) is 13.8 Å². The number of rotatable bonds is 1.